The van der Waals surface area contributed by atoms with Crippen molar-refractivity contribution in [3.8, 4) is 0 Å². The van der Waals surface area contributed by atoms with Crippen LogP contribution in [0.25, 0.3) is 0 Å². The molecular formula is C29H46IN3O2Si. The van der Waals surface area contributed by atoms with Gasteiger partial charge in [-0.05, 0) is 64.9 Å². The minimum atomic E-state index is -2.03. The normalized spacial score (nSPS) is 19.4. The number of pyridine rings is 1. The van der Waals surface area contributed by atoms with Crippen LogP contribution in [-0.2, 0) is 16.3 Å². The van der Waals surface area contributed by atoms with Crippen molar-refractivity contribution < 1.29 is 9.53 Å². The zero-order chi connectivity index (χ0) is 27.4. The van der Waals surface area contributed by atoms with E-state index in [1.165, 1.54) is 5.56 Å². The van der Waals surface area contributed by atoms with Crippen molar-refractivity contribution in [3.63, 3.8) is 0 Å². The molecule has 1 aliphatic rings. The lowest BCUT2D eigenvalue weighted by Crippen LogP contribution is -2.44. The molecule has 0 saturated carbocycles. The van der Waals surface area contributed by atoms with Crippen LogP contribution in [0.5, 0.6) is 0 Å². The number of aliphatic hydroxyl groups excluding tert-OH is 1. The molecule has 0 aromatic carbocycles. The third kappa shape index (κ3) is 6.05. The second-order valence-corrected chi connectivity index (χ2v) is 20.0. The van der Waals surface area contributed by atoms with Gasteiger partial charge in [0, 0.05) is 43.8 Å². The molecule has 1 aliphatic carbocycles. The molecule has 0 aliphatic heterocycles. The predicted molar refractivity (Wildman–Crippen MR) is 159 cm³/mol. The van der Waals surface area contributed by atoms with Gasteiger partial charge in [-0.2, -0.15) is 0 Å². The van der Waals surface area contributed by atoms with Crippen LogP contribution in [0.4, 0.5) is 0 Å². The summed E-state index contributed by atoms with van der Waals surface area (Å²) in [6.07, 6.45) is 4.52. The highest BCUT2D eigenvalue weighted by molar-refractivity contribution is 14.1. The summed E-state index contributed by atoms with van der Waals surface area (Å²) >= 11 is 2.44. The van der Waals surface area contributed by atoms with E-state index in [4.69, 9.17) is 9.41 Å². The van der Waals surface area contributed by atoms with Gasteiger partial charge in [0.2, 0.25) is 0 Å². The van der Waals surface area contributed by atoms with Crippen LogP contribution >= 0.6 is 22.6 Å². The Morgan fingerprint density at radius 2 is 1.64 bits per heavy atom. The zero-order valence-electron chi connectivity index (χ0n) is 24.4. The lowest BCUT2D eigenvalue weighted by atomic mass is 9.74. The lowest BCUT2D eigenvalue weighted by Gasteiger charge is -2.44. The van der Waals surface area contributed by atoms with Crippen LogP contribution in [0, 0.1) is 8.99 Å². The van der Waals surface area contributed by atoms with E-state index in [-0.39, 0.29) is 27.9 Å². The summed E-state index contributed by atoms with van der Waals surface area (Å²) in [4.78, 5) is 14.4. The van der Waals surface area contributed by atoms with Gasteiger partial charge in [0.1, 0.15) is 11.9 Å². The smallest absolute Gasteiger partial charge is 0.192 e. The lowest BCUT2D eigenvalue weighted by molar-refractivity contribution is 0.104. The number of hydrogen-bond donors (Lipinski definition) is 1. The Kier molecular flexibility index (Phi) is 8.24. The Morgan fingerprint density at radius 1 is 1.08 bits per heavy atom. The fourth-order valence-corrected chi connectivity index (χ4v) is 7.10. The molecule has 0 amide bonds. The second-order valence-electron chi connectivity index (χ2n) is 14.1. The maximum atomic E-state index is 11.7. The largest absolute Gasteiger partial charge is 0.410 e. The van der Waals surface area contributed by atoms with Crippen molar-refractivity contribution in [3.05, 3.63) is 49.9 Å². The number of aliphatic hydroxyl groups is 1. The molecule has 2 heterocycles. The molecule has 1 unspecified atom stereocenters. The van der Waals surface area contributed by atoms with Crippen LogP contribution in [0.3, 0.4) is 0 Å². The summed E-state index contributed by atoms with van der Waals surface area (Å²) in [5, 5.41) is 11.8. The van der Waals surface area contributed by atoms with Crippen molar-refractivity contribution in [2.75, 3.05) is 0 Å². The van der Waals surface area contributed by atoms with Crippen molar-refractivity contribution >= 4 is 30.9 Å². The average Bonchev–Trinajstić information content (AvgIpc) is 2.70. The van der Waals surface area contributed by atoms with E-state index in [9.17, 15) is 5.11 Å². The molecule has 1 N–H and O–H groups in total. The number of aromatic nitrogens is 3. The summed E-state index contributed by atoms with van der Waals surface area (Å²) in [6.45, 7) is 26.7. The van der Waals surface area contributed by atoms with Crippen molar-refractivity contribution in [1.82, 2.24) is 15.0 Å². The topological polar surface area (TPSA) is 68.1 Å². The van der Waals surface area contributed by atoms with Gasteiger partial charge < -0.3 is 9.53 Å². The number of rotatable bonds is 5. The van der Waals surface area contributed by atoms with E-state index in [2.05, 4.69) is 115 Å². The van der Waals surface area contributed by atoms with Gasteiger partial charge in [-0.15, -0.1) is 0 Å². The summed E-state index contributed by atoms with van der Waals surface area (Å²) in [6, 6.07) is 0. The molecular weight excluding hydrogens is 577 g/mol. The summed E-state index contributed by atoms with van der Waals surface area (Å²) in [7, 11) is -2.03. The van der Waals surface area contributed by atoms with Crippen molar-refractivity contribution in [2.45, 2.75) is 124 Å². The third-order valence-corrected chi connectivity index (χ3v) is 13.4. The molecule has 7 heteroatoms. The minimum absolute atomic E-state index is 0.0317. The quantitative estimate of drug-likeness (QED) is 0.270. The highest BCUT2D eigenvalue weighted by Crippen LogP contribution is 2.50. The number of halogens is 1. The summed E-state index contributed by atoms with van der Waals surface area (Å²) in [5.74, 6) is 0.943. The SMILES string of the molecule is CC(C)c1nc2c(c(I)c1[C@@H](O)c1cnc(C(C)(C)C)nc1)C(O[Si](C)(C)C(C)(C)C)CC(C)(C)C2. The predicted octanol–water partition coefficient (Wildman–Crippen LogP) is 8.01. The van der Waals surface area contributed by atoms with E-state index in [1.807, 2.05) is 0 Å². The van der Waals surface area contributed by atoms with Crippen LogP contribution in [0.15, 0.2) is 12.4 Å². The molecule has 0 radical (unpaired) electrons. The van der Waals surface area contributed by atoms with E-state index in [0.717, 1.165) is 39.2 Å². The highest BCUT2D eigenvalue weighted by atomic mass is 127. The Morgan fingerprint density at radius 3 is 2.11 bits per heavy atom. The van der Waals surface area contributed by atoms with E-state index in [0.29, 0.717) is 5.56 Å². The maximum absolute atomic E-state index is 11.7. The Balaban J connectivity index is 2.18. The van der Waals surface area contributed by atoms with Crippen LogP contribution < -0.4 is 0 Å². The molecule has 36 heavy (non-hydrogen) atoms. The third-order valence-electron chi connectivity index (χ3n) is 7.74. The number of nitrogens with zero attached hydrogens (tertiary/aromatic N) is 3. The van der Waals surface area contributed by atoms with Gasteiger partial charge in [0.15, 0.2) is 8.32 Å². The van der Waals surface area contributed by atoms with Gasteiger partial charge in [-0.3, -0.25) is 4.98 Å². The molecule has 0 fully saturated rings. The highest BCUT2D eigenvalue weighted by Gasteiger charge is 2.44. The van der Waals surface area contributed by atoms with Gasteiger partial charge >= 0.3 is 0 Å². The number of fused-ring (bicyclic) bond motifs is 1. The van der Waals surface area contributed by atoms with Gasteiger partial charge in [-0.1, -0.05) is 69.2 Å². The molecule has 2 atom stereocenters. The Hall–Kier alpha value is -0.903. The second kappa shape index (κ2) is 10.0. The molecule has 0 saturated heterocycles. The van der Waals surface area contributed by atoms with E-state index in [1.54, 1.807) is 12.4 Å². The Labute approximate surface area is 233 Å². The van der Waals surface area contributed by atoms with Gasteiger partial charge in [0.05, 0.1) is 11.8 Å². The standard InChI is InChI=1S/C29H46IN3O2Si/c1-17(2)24-22(25(34)18-15-31-26(32-16-18)27(3,4)5)23(30)21-19(33-24)13-29(9,10)14-20(21)35-36(11,12)28(6,7)8/h15-17,20,25,34H,13-14H2,1-12H3/t20?,25-/m0/s1. The molecule has 200 valence electrons. The fraction of sp³-hybridized carbons (Fsp3) is 0.690. The van der Waals surface area contributed by atoms with E-state index >= 15 is 0 Å². The first kappa shape index (κ1) is 29.6. The Bertz CT molecular complexity index is 1100. The molecule has 2 aromatic heterocycles. The summed E-state index contributed by atoms with van der Waals surface area (Å²) in [5.41, 5.74) is 4.78. The maximum Gasteiger partial charge on any atom is 0.192 e. The van der Waals surface area contributed by atoms with Crippen LogP contribution in [-0.4, -0.2) is 28.4 Å². The average molecular weight is 624 g/mol. The molecule has 0 spiro atoms. The summed E-state index contributed by atoms with van der Waals surface area (Å²) < 4.78 is 8.14. The first-order valence-electron chi connectivity index (χ1n) is 13.2. The minimum Gasteiger partial charge on any atom is -0.410 e. The van der Waals surface area contributed by atoms with Crippen molar-refractivity contribution in [2.24, 2.45) is 5.41 Å². The monoisotopic (exact) mass is 623 g/mol. The first-order chi connectivity index (χ1) is 16.2. The molecule has 0 bridgehead atoms. The molecule has 5 nitrogen and oxygen atoms in total. The zero-order valence-corrected chi connectivity index (χ0v) is 27.5. The van der Waals surface area contributed by atoms with E-state index < -0.39 is 14.4 Å². The van der Waals surface area contributed by atoms with Crippen molar-refractivity contribution in [1.29, 1.82) is 0 Å². The van der Waals surface area contributed by atoms with Gasteiger partial charge in [-0.25, -0.2) is 9.97 Å². The molecule has 2 aromatic rings. The van der Waals surface area contributed by atoms with Gasteiger partial charge in [0.25, 0.3) is 0 Å². The van der Waals surface area contributed by atoms with Crippen LogP contribution in [0.1, 0.15) is 128 Å². The number of hydrogen-bond acceptors (Lipinski definition) is 5. The fourth-order valence-electron chi connectivity index (χ4n) is 4.61. The molecule has 3 rings (SSSR count). The first-order valence-corrected chi connectivity index (χ1v) is 17.1. The van der Waals surface area contributed by atoms with Crippen LogP contribution in [0.2, 0.25) is 18.1 Å².